The summed E-state index contributed by atoms with van der Waals surface area (Å²) in [6.45, 7) is 5.98. The molecule has 0 amide bonds. The monoisotopic (exact) mass is 395 g/mol. The van der Waals surface area contributed by atoms with Crippen LogP contribution in [0.5, 0.6) is 0 Å². The van der Waals surface area contributed by atoms with Gasteiger partial charge in [0.2, 0.25) is 5.13 Å². The Hall–Kier alpha value is -1.98. The summed E-state index contributed by atoms with van der Waals surface area (Å²) < 4.78 is 0.985. The quantitative estimate of drug-likeness (QED) is 0.377. The number of nitrogens with zero attached hydrogens (tertiary/aromatic N) is 3. The van der Waals surface area contributed by atoms with Crippen LogP contribution in [-0.4, -0.2) is 22.2 Å². The van der Waals surface area contributed by atoms with E-state index in [0.717, 1.165) is 33.6 Å². The van der Waals surface area contributed by atoms with Crippen LogP contribution >= 0.6 is 23.1 Å². The molecule has 0 radical (unpaired) electrons. The van der Waals surface area contributed by atoms with Crippen molar-refractivity contribution in [3.8, 4) is 0 Å². The first kappa shape index (κ1) is 19.8. The summed E-state index contributed by atoms with van der Waals surface area (Å²) in [4.78, 5) is 4.50. The summed E-state index contributed by atoms with van der Waals surface area (Å²) in [7, 11) is 0. The molecule has 1 aliphatic rings. The Balaban J connectivity index is 1.42. The minimum absolute atomic E-state index is 0.566. The van der Waals surface area contributed by atoms with Crippen molar-refractivity contribution >= 4 is 40.5 Å². The first-order chi connectivity index (χ1) is 13.2. The van der Waals surface area contributed by atoms with Gasteiger partial charge in [-0.2, -0.15) is 0 Å². The summed E-state index contributed by atoms with van der Waals surface area (Å²) in [6, 6.07) is 8.52. The third-order valence-electron chi connectivity index (χ3n) is 4.51. The largest absolute Gasteiger partial charge is 0.232 e. The van der Waals surface area contributed by atoms with Crippen LogP contribution in [-0.2, 0) is 6.42 Å². The topological polar surface area (TPSA) is 38.1 Å². The smallest absolute Gasteiger partial charge is 0.231 e. The molecule has 1 unspecified atom stereocenters. The lowest BCUT2D eigenvalue weighted by Gasteiger charge is -2.06. The van der Waals surface area contributed by atoms with Crippen molar-refractivity contribution in [1.29, 1.82) is 0 Å². The lowest BCUT2D eigenvalue weighted by atomic mass is 9.99. The van der Waals surface area contributed by atoms with E-state index in [2.05, 4.69) is 71.2 Å². The number of thioether (sulfide) groups is 1. The third kappa shape index (κ3) is 6.60. The molecule has 1 heterocycles. The SMILES string of the molecule is C=Cc1ccc(CCSc2nnc(/N=C/CC3C=CC=C(C)CC3)s2)cc1. The van der Waals surface area contributed by atoms with Gasteiger partial charge in [0, 0.05) is 12.0 Å². The number of aliphatic imine (C=N–C) groups is 1. The fraction of sp³-hybridized carbons (Fsp3) is 0.318. The number of aryl methyl sites for hydroxylation is 1. The summed E-state index contributed by atoms with van der Waals surface area (Å²) in [5.41, 5.74) is 3.94. The third-order valence-corrected chi connectivity index (χ3v) is 6.48. The molecule has 1 atom stereocenters. The summed E-state index contributed by atoms with van der Waals surface area (Å²) in [6.07, 6.45) is 14.9. The van der Waals surface area contributed by atoms with E-state index in [-0.39, 0.29) is 0 Å². The fourth-order valence-corrected chi connectivity index (χ4v) is 4.59. The normalized spacial score (nSPS) is 17.1. The van der Waals surface area contributed by atoms with Gasteiger partial charge in [0.25, 0.3) is 0 Å². The molecule has 2 aromatic rings. The maximum absolute atomic E-state index is 4.50. The van der Waals surface area contributed by atoms with Crippen molar-refractivity contribution in [3.05, 3.63) is 65.8 Å². The first-order valence-corrected chi connectivity index (χ1v) is 11.1. The predicted molar refractivity (Wildman–Crippen MR) is 119 cm³/mol. The molecule has 0 N–H and O–H groups in total. The van der Waals surface area contributed by atoms with E-state index in [4.69, 9.17) is 0 Å². The van der Waals surface area contributed by atoms with Crippen molar-refractivity contribution in [1.82, 2.24) is 10.2 Å². The van der Waals surface area contributed by atoms with Crippen molar-refractivity contribution < 1.29 is 0 Å². The van der Waals surface area contributed by atoms with Crippen LogP contribution < -0.4 is 0 Å². The number of benzene rings is 1. The summed E-state index contributed by atoms with van der Waals surface area (Å²) >= 11 is 3.31. The summed E-state index contributed by atoms with van der Waals surface area (Å²) in [5, 5.41) is 9.19. The van der Waals surface area contributed by atoms with Crippen LogP contribution in [0.3, 0.4) is 0 Å². The van der Waals surface area contributed by atoms with E-state index >= 15 is 0 Å². The van der Waals surface area contributed by atoms with Gasteiger partial charge < -0.3 is 0 Å². The van der Waals surface area contributed by atoms with Crippen LogP contribution in [0, 0.1) is 5.92 Å². The molecule has 5 heteroatoms. The predicted octanol–water partition coefficient (Wildman–Crippen LogP) is 6.52. The van der Waals surface area contributed by atoms with E-state index in [9.17, 15) is 0 Å². The number of aromatic nitrogens is 2. The maximum Gasteiger partial charge on any atom is 0.232 e. The molecule has 0 fully saturated rings. The standard InChI is InChI=1S/C22H25N3S2/c1-3-18-9-11-20(12-10-18)14-16-26-22-25-24-21(27-22)23-15-13-19-6-4-5-17(2)7-8-19/h3-6,9-12,15,19H,1,7-8,13-14,16H2,2H3/b23-15+. The number of allylic oxidation sites excluding steroid dienone is 4. The van der Waals surface area contributed by atoms with Gasteiger partial charge in [-0.25, -0.2) is 4.99 Å². The van der Waals surface area contributed by atoms with Gasteiger partial charge >= 0.3 is 0 Å². The Labute approximate surface area is 170 Å². The highest BCUT2D eigenvalue weighted by molar-refractivity contribution is 8.01. The number of hydrogen-bond acceptors (Lipinski definition) is 5. The molecule has 0 bridgehead atoms. The van der Waals surface area contributed by atoms with E-state index in [1.807, 2.05) is 12.3 Å². The minimum atomic E-state index is 0.566. The molecule has 0 aliphatic heterocycles. The van der Waals surface area contributed by atoms with Crippen molar-refractivity contribution in [2.75, 3.05) is 5.75 Å². The highest BCUT2D eigenvalue weighted by Gasteiger charge is 2.07. The molecule has 1 aliphatic carbocycles. The Morgan fingerprint density at radius 3 is 2.96 bits per heavy atom. The molecule has 27 heavy (non-hydrogen) atoms. The fourth-order valence-electron chi connectivity index (χ4n) is 2.82. The van der Waals surface area contributed by atoms with Crippen LogP contribution in [0.2, 0.25) is 0 Å². The van der Waals surface area contributed by atoms with Gasteiger partial charge in [-0.1, -0.05) is 83.8 Å². The van der Waals surface area contributed by atoms with Gasteiger partial charge in [-0.15, -0.1) is 10.2 Å². The number of rotatable bonds is 8. The van der Waals surface area contributed by atoms with Crippen LogP contribution in [0.1, 0.15) is 37.3 Å². The van der Waals surface area contributed by atoms with E-state index in [1.165, 1.54) is 24.0 Å². The highest BCUT2D eigenvalue weighted by Crippen LogP contribution is 2.28. The lowest BCUT2D eigenvalue weighted by Crippen LogP contribution is -1.96. The van der Waals surface area contributed by atoms with Gasteiger partial charge in [0.1, 0.15) is 0 Å². The van der Waals surface area contributed by atoms with Gasteiger partial charge in [0.15, 0.2) is 4.34 Å². The van der Waals surface area contributed by atoms with Gasteiger partial charge in [-0.3, -0.25) is 0 Å². The van der Waals surface area contributed by atoms with E-state index in [1.54, 1.807) is 23.1 Å². The Kier molecular flexibility index (Phi) is 7.60. The molecule has 1 aromatic heterocycles. The maximum atomic E-state index is 4.50. The Morgan fingerprint density at radius 2 is 2.15 bits per heavy atom. The minimum Gasteiger partial charge on any atom is -0.231 e. The van der Waals surface area contributed by atoms with Crippen LogP contribution in [0.25, 0.3) is 6.08 Å². The van der Waals surface area contributed by atoms with Crippen molar-refractivity contribution in [3.63, 3.8) is 0 Å². The Bertz CT molecular complexity index is 831. The zero-order valence-electron chi connectivity index (χ0n) is 15.7. The molecule has 0 saturated heterocycles. The average Bonchev–Trinajstić information content (AvgIpc) is 3.03. The molecule has 1 aromatic carbocycles. The summed E-state index contributed by atoms with van der Waals surface area (Å²) in [5.74, 6) is 1.56. The second kappa shape index (κ2) is 10.4. The van der Waals surface area contributed by atoms with Crippen molar-refractivity contribution in [2.24, 2.45) is 10.9 Å². The average molecular weight is 396 g/mol. The Morgan fingerprint density at radius 1 is 1.30 bits per heavy atom. The molecular weight excluding hydrogens is 370 g/mol. The second-order valence-corrected chi connectivity index (χ2v) is 8.94. The molecule has 0 spiro atoms. The zero-order chi connectivity index (χ0) is 18.9. The second-order valence-electron chi connectivity index (χ2n) is 6.64. The van der Waals surface area contributed by atoms with Crippen LogP contribution in [0.15, 0.2) is 64.0 Å². The highest BCUT2D eigenvalue weighted by atomic mass is 32.2. The molecule has 3 nitrogen and oxygen atoms in total. The molecular formula is C22H25N3S2. The molecule has 3 rings (SSSR count). The van der Waals surface area contributed by atoms with Gasteiger partial charge in [-0.05, 0) is 49.7 Å². The number of hydrogen-bond donors (Lipinski definition) is 0. The van der Waals surface area contributed by atoms with Crippen LogP contribution in [0.4, 0.5) is 5.13 Å². The first-order valence-electron chi connectivity index (χ1n) is 9.27. The van der Waals surface area contributed by atoms with E-state index < -0.39 is 0 Å². The zero-order valence-corrected chi connectivity index (χ0v) is 17.3. The van der Waals surface area contributed by atoms with Gasteiger partial charge in [0.05, 0.1) is 0 Å². The molecule has 0 saturated carbocycles. The lowest BCUT2D eigenvalue weighted by molar-refractivity contribution is 0.620. The van der Waals surface area contributed by atoms with Crippen molar-refractivity contribution in [2.45, 2.75) is 36.9 Å². The van der Waals surface area contributed by atoms with E-state index in [0.29, 0.717) is 5.92 Å². The molecule has 140 valence electrons.